The molecule has 2 aromatic carbocycles. The van der Waals surface area contributed by atoms with Crippen LogP contribution < -0.4 is 10.1 Å². The molecule has 5 nitrogen and oxygen atoms in total. The summed E-state index contributed by atoms with van der Waals surface area (Å²) in [6.07, 6.45) is 4.30. The van der Waals surface area contributed by atoms with Crippen LogP contribution in [0.4, 0.5) is 0 Å². The topological polar surface area (TPSA) is 58.6 Å². The normalized spacial score (nSPS) is 14.9. The lowest BCUT2D eigenvalue weighted by Gasteiger charge is -2.29. The number of rotatable bonds is 8. The van der Waals surface area contributed by atoms with Crippen molar-refractivity contribution in [1.82, 2.24) is 10.2 Å². The van der Waals surface area contributed by atoms with Gasteiger partial charge in [0.05, 0.1) is 0 Å². The summed E-state index contributed by atoms with van der Waals surface area (Å²) in [6, 6.07) is 15.0. The minimum Gasteiger partial charge on any atom is -0.484 e. The number of para-hydroxylation sites is 1. The van der Waals surface area contributed by atoms with E-state index < -0.39 is 6.04 Å². The number of hydrogen-bond acceptors (Lipinski definition) is 3. The third-order valence-electron chi connectivity index (χ3n) is 5.56. The summed E-state index contributed by atoms with van der Waals surface area (Å²) in [5, 5.41) is 3.11. The molecule has 160 valence electrons. The van der Waals surface area contributed by atoms with Crippen molar-refractivity contribution in [2.75, 3.05) is 6.61 Å². The highest BCUT2D eigenvalue weighted by atomic mass is 79.9. The zero-order chi connectivity index (χ0) is 21.5. The molecule has 1 atom stereocenters. The maximum atomic E-state index is 13.1. The van der Waals surface area contributed by atoms with Crippen LogP contribution in [0.2, 0.25) is 0 Å². The highest BCUT2D eigenvalue weighted by Crippen LogP contribution is 2.20. The van der Waals surface area contributed by atoms with Gasteiger partial charge in [-0.05, 0) is 56.0 Å². The van der Waals surface area contributed by atoms with E-state index >= 15 is 0 Å². The number of carbonyl (C=O) groups is 2. The van der Waals surface area contributed by atoms with Crippen molar-refractivity contribution >= 4 is 27.7 Å². The molecule has 1 aliphatic carbocycles. The Morgan fingerprint density at radius 1 is 1.17 bits per heavy atom. The van der Waals surface area contributed by atoms with Crippen LogP contribution >= 0.6 is 15.9 Å². The van der Waals surface area contributed by atoms with E-state index in [4.69, 9.17) is 4.74 Å². The van der Waals surface area contributed by atoms with Gasteiger partial charge in [0.1, 0.15) is 11.8 Å². The third-order valence-corrected chi connectivity index (χ3v) is 6.05. The molecule has 6 heteroatoms. The van der Waals surface area contributed by atoms with Crippen LogP contribution in [0.3, 0.4) is 0 Å². The van der Waals surface area contributed by atoms with Gasteiger partial charge in [-0.2, -0.15) is 0 Å². The van der Waals surface area contributed by atoms with E-state index in [-0.39, 0.29) is 24.5 Å². The molecule has 0 aromatic heterocycles. The molecule has 0 spiro atoms. The zero-order valence-electron chi connectivity index (χ0n) is 17.6. The van der Waals surface area contributed by atoms with Crippen LogP contribution in [0.25, 0.3) is 0 Å². The lowest BCUT2D eigenvalue weighted by atomic mass is 10.1. The largest absolute Gasteiger partial charge is 0.484 e. The zero-order valence-corrected chi connectivity index (χ0v) is 19.2. The summed E-state index contributed by atoms with van der Waals surface area (Å²) in [4.78, 5) is 27.6. The smallest absolute Gasteiger partial charge is 0.261 e. The highest BCUT2D eigenvalue weighted by Gasteiger charge is 2.28. The molecule has 0 heterocycles. The van der Waals surface area contributed by atoms with Crippen molar-refractivity contribution in [3.63, 3.8) is 0 Å². The number of nitrogens with zero attached hydrogens (tertiary/aromatic N) is 1. The second-order valence-corrected chi connectivity index (χ2v) is 8.79. The number of carbonyl (C=O) groups excluding carboxylic acids is 2. The van der Waals surface area contributed by atoms with Gasteiger partial charge in [-0.1, -0.05) is 59.1 Å². The first-order chi connectivity index (χ1) is 14.4. The van der Waals surface area contributed by atoms with E-state index in [1.165, 1.54) is 0 Å². The molecule has 30 heavy (non-hydrogen) atoms. The minimum atomic E-state index is -0.586. The Morgan fingerprint density at radius 2 is 1.90 bits per heavy atom. The average Bonchev–Trinajstić information content (AvgIpc) is 3.24. The fourth-order valence-corrected chi connectivity index (χ4v) is 4.19. The molecule has 2 amide bonds. The molecule has 1 saturated carbocycles. The molecule has 1 fully saturated rings. The second-order valence-electron chi connectivity index (χ2n) is 7.87. The van der Waals surface area contributed by atoms with Crippen LogP contribution in [0.1, 0.15) is 43.7 Å². The maximum Gasteiger partial charge on any atom is 0.261 e. The van der Waals surface area contributed by atoms with Crippen molar-refractivity contribution in [2.24, 2.45) is 0 Å². The predicted octanol–water partition coefficient (Wildman–Crippen LogP) is 4.61. The summed E-state index contributed by atoms with van der Waals surface area (Å²) < 4.78 is 6.71. The van der Waals surface area contributed by atoms with Crippen molar-refractivity contribution < 1.29 is 14.3 Å². The Kier molecular flexibility index (Phi) is 7.91. The van der Waals surface area contributed by atoms with Gasteiger partial charge in [-0.3, -0.25) is 9.59 Å². The number of aryl methyl sites for hydroxylation is 1. The number of halogens is 1. The first kappa shape index (κ1) is 22.3. The molecule has 2 aromatic rings. The molecule has 1 N–H and O–H groups in total. The molecule has 1 aliphatic rings. The highest BCUT2D eigenvalue weighted by molar-refractivity contribution is 9.10. The summed E-state index contributed by atoms with van der Waals surface area (Å²) in [6.45, 7) is 3.96. The SMILES string of the molecule is Cc1ccccc1OCC(=O)N(Cc1cccc(Br)c1)[C@H](C)C(=O)NC1CCCC1. The van der Waals surface area contributed by atoms with Gasteiger partial charge in [0.25, 0.3) is 5.91 Å². The molecule has 3 rings (SSSR count). The van der Waals surface area contributed by atoms with E-state index in [0.29, 0.717) is 12.3 Å². The molecule has 0 aliphatic heterocycles. The van der Waals surface area contributed by atoms with E-state index in [1.807, 2.05) is 55.5 Å². The van der Waals surface area contributed by atoms with Gasteiger partial charge in [0.2, 0.25) is 5.91 Å². The maximum absolute atomic E-state index is 13.1. The fourth-order valence-electron chi connectivity index (χ4n) is 3.75. The first-order valence-corrected chi connectivity index (χ1v) is 11.3. The molecule has 0 bridgehead atoms. The summed E-state index contributed by atoms with van der Waals surface area (Å²) in [7, 11) is 0. The summed E-state index contributed by atoms with van der Waals surface area (Å²) in [5.74, 6) is 0.352. The van der Waals surface area contributed by atoms with Gasteiger partial charge in [0.15, 0.2) is 6.61 Å². The summed E-state index contributed by atoms with van der Waals surface area (Å²) >= 11 is 3.48. The van der Waals surface area contributed by atoms with Gasteiger partial charge in [-0.15, -0.1) is 0 Å². The van der Waals surface area contributed by atoms with E-state index in [1.54, 1.807) is 11.8 Å². The Balaban J connectivity index is 1.72. The minimum absolute atomic E-state index is 0.110. The van der Waals surface area contributed by atoms with Gasteiger partial charge in [-0.25, -0.2) is 0 Å². The number of benzene rings is 2. The monoisotopic (exact) mass is 472 g/mol. The van der Waals surface area contributed by atoms with Crippen LogP contribution in [0.15, 0.2) is 53.0 Å². The van der Waals surface area contributed by atoms with Crippen LogP contribution in [0, 0.1) is 6.92 Å². The van der Waals surface area contributed by atoms with E-state index in [2.05, 4.69) is 21.2 Å². The number of hydrogen-bond donors (Lipinski definition) is 1. The number of amides is 2. The molecule has 0 radical (unpaired) electrons. The van der Waals surface area contributed by atoms with Crippen LogP contribution in [-0.2, 0) is 16.1 Å². The average molecular weight is 473 g/mol. The van der Waals surface area contributed by atoms with Gasteiger partial charge >= 0.3 is 0 Å². The first-order valence-electron chi connectivity index (χ1n) is 10.5. The number of ether oxygens (including phenoxy) is 1. The van der Waals surface area contributed by atoms with Crippen molar-refractivity contribution in [2.45, 2.75) is 58.2 Å². The fraction of sp³-hybridized carbons (Fsp3) is 0.417. The van der Waals surface area contributed by atoms with Crippen molar-refractivity contribution in [3.05, 3.63) is 64.1 Å². The van der Waals surface area contributed by atoms with Crippen LogP contribution in [0.5, 0.6) is 5.75 Å². The van der Waals surface area contributed by atoms with E-state index in [0.717, 1.165) is 41.3 Å². The lowest BCUT2D eigenvalue weighted by Crippen LogP contribution is -2.50. The van der Waals surface area contributed by atoms with Gasteiger partial charge in [0, 0.05) is 17.1 Å². The number of nitrogens with one attached hydrogen (secondary N) is 1. The standard InChI is InChI=1S/C24H29BrN2O3/c1-17-8-3-6-13-22(17)30-16-23(28)27(15-19-9-7-10-20(25)14-19)18(2)24(29)26-21-11-4-5-12-21/h3,6-10,13-14,18,21H,4-5,11-12,15-16H2,1-2H3,(H,26,29)/t18-/m1/s1. The van der Waals surface area contributed by atoms with E-state index in [9.17, 15) is 9.59 Å². The predicted molar refractivity (Wildman–Crippen MR) is 121 cm³/mol. The van der Waals surface area contributed by atoms with Gasteiger partial charge < -0.3 is 15.0 Å². The Hall–Kier alpha value is -2.34. The second kappa shape index (κ2) is 10.6. The van der Waals surface area contributed by atoms with Crippen molar-refractivity contribution in [1.29, 1.82) is 0 Å². The quantitative estimate of drug-likeness (QED) is 0.609. The summed E-state index contributed by atoms with van der Waals surface area (Å²) in [5.41, 5.74) is 1.92. The molecular weight excluding hydrogens is 444 g/mol. The van der Waals surface area contributed by atoms with Crippen molar-refractivity contribution in [3.8, 4) is 5.75 Å². The Morgan fingerprint density at radius 3 is 2.60 bits per heavy atom. The third kappa shape index (κ3) is 6.08. The molecular formula is C24H29BrN2O3. The Bertz CT molecular complexity index is 880. The molecule has 0 saturated heterocycles. The lowest BCUT2D eigenvalue weighted by molar-refractivity contribution is -0.142. The Labute approximate surface area is 186 Å². The van der Waals surface area contributed by atoms with Crippen LogP contribution in [-0.4, -0.2) is 35.4 Å². The molecule has 0 unspecified atom stereocenters.